The van der Waals surface area contributed by atoms with Crippen molar-refractivity contribution in [3.05, 3.63) is 10.1 Å². The first-order valence-electron chi connectivity index (χ1n) is 3.93. The normalized spacial score (nSPS) is 31.7. The minimum Gasteiger partial charge on any atom is -0.264 e. The average Bonchev–Trinajstić information content (AvgIpc) is 2.05. The Morgan fingerprint density at radius 2 is 2.27 bits per heavy atom. The van der Waals surface area contributed by atoms with Crippen molar-refractivity contribution in [1.82, 2.24) is 0 Å². The molecule has 0 heterocycles. The van der Waals surface area contributed by atoms with Gasteiger partial charge in [-0.2, -0.15) is 0 Å². The Bertz CT molecular complexity index is 151. The highest BCUT2D eigenvalue weighted by Gasteiger charge is 2.28. The summed E-state index contributed by atoms with van der Waals surface area (Å²) >= 11 is 5.63. The van der Waals surface area contributed by atoms with E-state index in [1.807, 2.05) is 0 Å². The van der Waals surface area contributed by atoms with Crippen LogP contribution >= 0.6 is 11.6 Å². The Morgan fingerprint density at radius 3 is 2.82 bits per heavy atom. The Labute approximate surface area is 70.9 Å². The number of hydrogen-bond acceptors (Lipinski definition) is 2. The standard InChI is InChI=1S/C7H12ClNO2/c8-5-6-2-1-3-7(4-6)9(10)11/h6-7H,1-5H2. The van der Waals surface area contributed by atoms with Crippen LogP contribution in [0.5, 0.6) is 0 Å². The van der Waals surface area contributed by atoms with Crippen molar-refractivity contribution < 1.29 is 4.92 Å². The maximum absolute atomic E-state index is 10.4. The van der Waals surface area contributed by atoms with Gasteiger partial charge in [0.25, 0.3) is 0 Å². The van der Waals surface area contributed by atoms with Crippen molar-refractivity contribution >= 4 is 11.6 Å². The van der Waals surface area contributed by atoms with Gasteiger partial charge in [0.15, 0.2) is 0 Å². The predicted molar refractivity (Wildman–Crippen MR) is 43.5 cm³/mol. The van der Waals surface area contributed by atoms with Crippen molar-refractivity contribution in [1.29, 1.82) is 0 Å². The summed E-state index contributed by atoms with van der Waals surface area (Å²) < 4.78 is 0. The minimum atomic E-state index is -0.326. The monoisotopic (exact) mass is 177 g/mol. The molecule has 11 heavy (non-hydrogen) atoms. The van der Waals surface area contributed by atoms with Gasteiger partial charge in [0, 0.05) is 23.6 Å². The van der Waals surface area contributed by atoms with Crippen LogP contribution in [0.2, 0.25) is 0 Å². The van der Waals surface area contributed by atoms with Gasteiger partial charge in [-0.05, 0) is 18.8 Å². The van der Waals surface area contributed by atoms with Crippen LogP contribution in [0.25, 0.3) is 0 Å². The molecule has 4 heteroatoms. The molecule has 2 unspecified atom stereocenters. The second-order valence-corrected chi connectivity index (χ2v) is 3.43. The molecule has 0 radical (unpaired) electrons. The molecule has 1 aliphatic carbocycles. The van der Waals surface area contributed by atoms with Gasteiger partial charge < -0.3 is 0 Å². The lowest BCUT2D eigenvalue weighted by Gasteiger charge is -2.21. The highest BCUT2D eigenvalue weighted by molar-refractivity contribution is 6.18. The summed E-state index contributed by atoms with van der Waals surface area (Å²) in [5, 5.41) is 10.4. The second-order valence-electron chi connectivity index (χ2n) is 3.13. The summed E-state index contributed by atoms with van der Waals surface area (Å²) in [6, 6.07) is -0.326. The maximum Gasteiger partial charge on any atom is 0.213 e. The van der Waals surface area contributed by atoms with Crippen LogP contribution in [0.3, 0.4) is 0 Å². The quantitative estimate of drug-likeness (QED) is 0.368. The van der Waals surface area contributed by atoms with Crippen molar-refractivity contribution in [2.45, 2.75) is 31.7 Å². The third kappa shape index (κ3) is 2.33. The van der Waals surface area contributed by atoms with Crippen LogP contribution in [0.4, 0.5) is 0 Å². The molecule has 2 atom stereocenters. The first-order chi connectivity index (χ1) is 5.24. The first-order valence-corrected chi connectivity index (χ1v) is 4.47. The van der Waals surface area contributed by atoms with E-state index in [2.05, 4.69) is 0 Å². The van der Waals surface area contributed by atoms with Gasteiger partial charge in [0.1, 0.15) is 0 Å². The van der Waals surface area contributed by atoms with Crippen molar-refractivity contribution in [3.8, 4) is 0 Å². The van der Waals surface area contributed by atoms with Crippen molar-refractivity contribution in [2.24, 2.45) is 5.92 Å². The first kappa shape index (κ1) is 8.78. The molecule has 0 bridgehead atoms. The zero-order chi connectivity index (χ0) is 8.27. The van der Waals surface area contributed by atoms with Gasteiger partial charge in [-0.1, -0.05) is 0 Å². The number of nitro groups is 1. The topological polar surface area (TPSA) is 43.1 Å². The zero-order valence-electron chi connectivity index (χ0n) is 6.33. The Balaban J connectivity index is 2.39. The summed E-state index contributed by atoms with van der Waals surface area (Å²) in [6.45, 7) is 0. The lowest BCUT2D eigenvalue weighted by Crippen LogP contribution is -2.27. The summed E-state index contributed by atoms with van der Waals surface area (Å²) in [6.07, 6.45) is 3.44. The lowest BCUT2D eigenvalue weighted by atomic mass is 9.87. The fraction of sp³-hybridized carbons (Fsp3) is 1.00. The lowest BCUT2D eigenvalue weighted by molar-refractivity contribution is -0.527. The molecule has 64 valence electrons. The summed E-state index contributed by atoms with van der Waals surface area (Å²) in [7, 11) is 0. The highest BCUT2D eigenvalue weighted by Crippen LogP contribution is 2.26. The minimum absolute atomic E-state index is 0.168. The van der Waals surface area contributed by atoms with E-state index in [1.54, 1.807) is 0 Å². The SMILES string of the molecule is O=[N+]([O-])C1CCCC(CCl)C1. The molecular formula is C7H12ClNO2. The van der Waals surface area contributed by atoms with E-state index >= 15 is 0 Å². The van der Waals surface area contributed by atoms with Crippen molar-refractivity contribution in [3.63, 3.8) is 0 Å². The third-order valence-electron chi connectivity index (χ3n) is 2.27. The summed E-state index contributed by atoms with van der Waals surface area (Å²) in [5.41, 5.74) is 0. The molecule has 0 aliphatic heterocycles. The van der Waals surface area contributed by atoms with Gasteiger partial charge in [0.05, 0.1) is 0 Å². The molecule has 0 saturated heterocycles. The smallest absolute Gasteiger partial charge is 0.213 e. The zero-order valence-corrected chi connectivity index (χ0v) is 7.09. The van der Waals surface area contributed by atoms with Gasteiger partial charge in [-0.3, -0.25) is 10.1 Å². The molecule has 0 aromatic rings. The molecule has 0 N–H and O–H groups in total. The number of alkyl halides is 1. The van der Waals surface area contributed by atoms with Crippen LogP contribution < -0.4 is 0 Å². The van der Waals surface area contributed by atoms with E-state index in [0.29, 0.717) is 18.2 Å². The number of nitrogens with zero attached hydrogens (tertiary/aromatic N) is 1. The van der Waals surface area contributed by atoms with Gasteiger partial charge in [0.2, 0.25) is 6.04 Å². The molecule has 0 amide bonds. The second kappa shape index (κ2) is 3.90. The van der Waals surface area contributed by atoms with Crippen LogP contribution in [-0.4, -0.2) is 16.8 Å². The van der Waals surface area contributed by atoms with Gasteiger partial charge >= 0.3 is 0 Å². The largest absolute Gasteiger partial charge is 0.264 e. The Kier molecular flexibility index (Phi) is 3.12. The van der Waals surface area contributed by atoms with Crippen LogP contribution in [0.1, 0.15) is 25.7 Å². The van der Waals surface area contributed by atoms with Gasteiger partial charge in [-0.15, -0.1) is 11.6 Å². The maximum atomic E-state index is 10.4. The van der Waals surface area contributed by atoms with Crippen LogP contribution in [-0.2, 0) is 0 Å². The van der Waals surface area contributed by atoms with E-state index in [0.717, 1.165) is 19.3 Å². The molecule has 0 aromatic heterocycles. The predicted octanol–water partition coefficient (Wildman–Crippen LogP) is 2.06. The molecule has 0 aromatic carbocycles. The molecule has 0 spiro atoms. The molecule has 1 aliphatic rings. The molecule has 1 fully saturated rings. The van der Waals surface area contributed by atoms with E-state index in [9.17, 15) is 10.1 Å². The van der Waals surface area contributed by atoms with Gasteiger partial charge in [-0.25, -0.2) is 0 Å². The van der Waals surface area contributed by atoms with Crippen LogP contribution in [0.15, 0.2) is 0 Å². The Morgan fingerprint density at radius 1 is 1.55 bits per heavy atom. The van der Waals surface area contributed by atoms with E-state index in [4.69, 9.17) is 11.6 Å². The number of hydrogen-bond donors (Lipinski definition) is 0. The fourth-order valence-corrected chi connectivity index (χ4v) is 1.87. The van der Waals surface area contributed by atoms with E-state index < -0.39 is 0 Å². The van der Waals surface area contributed by atoms with E-state index in [-0.39, 0.29) is 11.0 Å². The number of halogens is 1. The van der Waals surface area contributed by atoms with E-state index in [1.165, 1.54) is 0 Å². The summed E-state index contributed by atoms with van der Waals surface area (Å²) in [4.78, 5) is 10.2. The third-order valence-corrected chi connectivity index (χ3v) is 2.71. The molecule has 3 nitrogen and oxygen atoms in total. The highest BCUT2D eigenvalue weighted by atomic mass is 35.5. The molecular weight excluding hydrogens is 166 g/mol. The van der Waals surface area contributed by atoms with Crippen LogP contribution in [0, 0.1) is 16.0 Å². The summed E-state index contributed by atoms with van der Waals surface area (Å²) in [5.74, 6) is 0.950. The number of rotatable bonds is 2. The average molecular weight is 178 g/mol. The fourth-order valence-electron chi connectivity index (χ4n) is 1.59. The van der Waals surface area contributed by atoms with Crippen molar-refractivity contribution in [2.75, 3.05) is 5.88 Å². The molecule has 1 rings (SSSR count). The molecule has 1 saturated carbocycles. The Hall–Kier alpha value is -0.310.